The van der Waals surface area contributed by atoms with Crippen molar-refractivity contribution in [1.29, 1.82) is 0 Å². The minimum absolute atomic E-state index is 0.123. The van der Waals surface area contributed by atoms with Crippen LogP contribution in [0.2, 0.25) is 0 Å². The lowest BCUT2D eigenvalue weighted by atomic mass is 9.98. The molecule has 0 spiro atoms. The predicted molar refractivity (Wildman–Crippen MR) is 113 cm³/mol. The lowest BCUT2D eigenvalue weighted by molar-refractivity contribution is -0.384. The summed E-state index contributed by atoms with van der Waals surface area (Å²) < 4.78 is 6.90. The summed E-state index contributed by atoms with van der Waals surface area (Å²) in [5, 5.41) is 11.4. The number of non-ortho nitro benzene ring substituents is 1. The van der Waals surface area contributed by atoms with Gasteiger partial charge in [-0.15, -0.1) is 0 Å². The summed E-state index contributed by atoms with van der Waals surface area (Å²) in [5.74, 6) is 0.446. The lowest BCUT2D eigenvalue weighted by Gasteiger charge is -2.24. The van der Waals surface area contributed by atoms with E-state index in [0.29, 0.717) is 11.3 Å². The highest BCUT2D eigenvalue weighted by Gasteiger charge is 2.23. The molecule has 0 saturated carbocycles. The Morgan fingerprint density at radius 3 is 2.13 bits per heavy atom. The Labute approximate surface area is 172 Å². The molecule has 0 aliphatic rings. The Balaban J connectivity index is 2.06. The van der Waals surface area contributed by atoms with E-state index in [0.717, 1.165) is 11.1 Å². The van der Waals surface area contributed by atoms with E-state index in [1.165, 1.54) is 25.3 Å². The van der Waals surface area contributed by atoms with Crippen LogP contribution < -0.4 is 5.56 Å². The van der Waals surface area contributed by atoms with Gasteiger partial charge in [0.05, 0.1) is 21.9 Å². The standard InChI is InChI=1S/C23H19N3O4/c1-30-15-21-24-20-13-12-18(26(28)29)14-19(20)23(27)25(21)22(16-8-4-2-5-9-16)17-10-6-3-7-11-17/h2-14,22H,15H2,1H3. The fourth-order valence-electron chi connectivity index (χ4n) is 3.60. The number of hydrogen-bond donors (Lipinski definition) is 0. The van der Waals surface area contributed by atoms with Crippen molar-refractivity contribution in [2.24, 2.45) is 0 Å². The molecule has 4 aromatic rings. The number of nitro groups is 1. The molecule has 0 N–H and O–H groups in total. The van der Waals surface area contributed by atoms with Crippen LogP contribution in [0.25, 0.3) is 10.9 Å². The molecule has 3 aromatic carbocycles. The van der Waals surface area contributed by atoms with Crippen molar-refractivity contribution in [2.75, 3.05) is 7.11 Å². The zero-order valence-corrected chi connectivity index (χ0v) is 16.3. The molecule has 30 heavy (non-hydrogen) atoms. The number of rotatable bonds is 6. The van der Waals surface area contributed by atoms with E-state index in [4.69, 9.17) is 4.74 Å². The van der Waals surface area contributed by atoms with Crippen molar-refractivity contribution in [1.82, 2.24) is 9.55 Å². The van der Waals surface area contributed by atoms with Crippen LogP contribution in [0, 0.1) is 10.1 Å². The van der Waals surface area contributed by atoms with E-state index in [-0.39, 0.29) is 23.2 Å². The van der Waals surface area contributed by atoms with Gasteiger partial charge in [0.2, 0.25) is 0 Å². The SMILES string of the molecule is COCc1nc2ccc([N+](=O)[O-])cc2c(=O)n1C(c1ccccc1)c1ccccc1. The van der Waals surface area contributed by atoms with Gasteiger partial charge in [-0.1, -0.05) is 60.7 Å². The largest absolute Gasteiger partial charge is 0.377 e. The topological polar surface area (TPSA) is 87.3 Å². The summed E-state index contributed by atoms with van der Waals surface area (Å²) in [6.07, 6.45) is 0. The van der Waals surface area contributed by atoms with Crippen LogP contribution in [0.3, 0.4) is 0 Å². The number of fused-ring (bicyclic) bond motifs is 1. The first-order chi connectivity index (χ1) is 14.6. The van der Waals surface area contributed by atoms with Crippen LogP contribution in [0.15, 0.2) is 83.7 Å². The van der Waals surface area contributed by atoms with Crippen molar-refractivity contribution >= 4 is 16.6 Å². The van der Waals surface area contributed by atoms with Crippen molar-refractivity contribution in [2.45, 2.75) is 12.6 Å². The van der Waals surface area contributed by atoms with Crippen molar-refractivity contribution < 1.29 is 9.66 Å². The second-order valence-electron chi connectivity index (χ2n) is 6.82. The molecule has 7 heteroatoms. The van der Waals surface area contributed by atoms with Gasteiger partial charge in [0.25, 0.3) is 11.2 Å². The molecule has 0 aliphatic heterocycles. The second-order valence-corrected chi connectivity index (χ2v) is 6.82. The number of aromatic nitrogens is 2. The van der Waals surface area contributed by atoms with Crippen LogP contribution >= 0.6 is 0 Å². The van der Waals surface area contributed by atoms with Crippen molar-refractivity contribution in [3.63, 3.8) is 0 Å². The van der Waals surface area contributed by atoms with Gasteiger partial charge in [-0.05, 0) is 17.2 Å². The van der Waals surface area contributed by atoms with E-state index in [2.05, 4.69) is 4.98 Å². The van der Waals surface area contributed by atoms with Gasteiger partial charge in [0.15, 0.2) is 0 Å². The molecule has 150 valence electrons. The Morgan fingerprint density at radius 1 is 1.00 bits per heavy atom. The minimum atomic E-state index is -0.516. The first-order valence-electron chi connectivity index (χ1n) is 9.38. The first-order valence-corrected chi connectivity index (χ1v) is 9.38. The number of nitro benzene ring substituents is 1. The molecule has 0 bridgehead atoms. The fourth-order valence-corrected chi connectivity index (χ4v) is 3.60. The van der Waals surface area contributed by atoms with Gasteiger partial charge in [0, 0.05) is 19.2 Å². The quantitative estimate of drug-likeness (QED) is 0.359. The lowest BCUT2D eigenvalue weighted by Crippen LogP contribution is -2.31. The molecule has 0 aliphatic carbocycles. The van der Waals surface area contributed by atoms with Gasteiger partial charge >= 0.3 is 0 Å². The summed E-state index contributed by atoms with van der Waals surface area (Å²) >= 11 is 0. The zero-order valence-electron chi connectivity index (χ0n) is 16.3. The van der Waals surface area contributed by atoms with E-state index in [9.17, 15) is 14.9 Å². The molecule has 0 saturated heterocycles. The summed E-state index contributed by atoms with van der Waals surface area (Å²) in [5.41, 5.74) is 1.69. The molecular formula is C23H19N3O4. The number of methoxy groups -OCH3 is 1. The normalized spacial score (nSPS) is 11.1. The highest BCUT2D eigenvalue weighted by atomic mass is 16.6. The third-order valence-corrected chi connectivity index (χ3v) is 4.93. The third-order valence-electron chi connectivity index (χ3n) is 4.93. The highest BCUT2D eigenvalue weighted by Crippen LogP contribution is 2.28. The molecule has 7 nitrogen and oxygen atoms in total. The summed E-state index contributed by atoms with van der Waals surface area (Å²) in [6.45, 7) is 0.123. The summed E-state index contributed by atoms with van der Waals surface area (Å²) in [6, 6.07) is 22.9. The summed E-state index contributed by atoms with van der Waals surface area (Å²) in [4.78, 5) is 29.0. The maximum absolute atomic E-state index is 13.6. The van der Waals surface area contributed by atoms with Gasteiger partial charge in [-0.2, -0.15) is 0 Å². The molecule has 0 atom stereocenters. The molecule has 0 fully saturated rings. The van der Waals surface area contributed by atoms with Crippen LogP contribution in [0.1, 0.15) is 23.0 Å². The van der Waals surface area contributed by atoms with Gasteiger partial charge < -0.3 is 4.74 Å². The molecule has 1 aromatic heterocycles. The van der Waals surface area contributed by atoms with Crippen LogP contribution in [-0.2, 0) is 11.3 Å². The molecule has 4 rings (SSSR count). The summed E-state index contributed by atoms with van der Waals surface area (Å²) in [7, 11) is 1.54. The number of ether oxygens (including phenoxy) is 1. The molecule has 0 amide bonds. The molecule has 0 unspecified atom stereocenters. The van der Waals surface area contributed by atoms with Gasteiger partial charge in [0.1, 0.15) is 12.4 Å². The predicted octanol–water partition coefficient (Wildman–Crippen LogP) is 4.09. The number of benzene rings is 3. The van der Waals surface area contributed by atoms with Crippen molar-refractivity contribution in [3.8, 4) is 0 Å². The maximum Gasteiger partial charge on any atom is 0.270 e. The number of hydrogen-bond acceptors (Lipinski definition) is 5. The second kappa shape index (κ2) is 8.26. The van der Waals surface area contributed by atoms with Crippen LogP contribution in [-0.4, -0.2) is 21.6 Å². The van der Waals surface area contributed by atoms with E-state index < -0.39 is 11.0 Å². The molecule has 0 radical (unpaired) electrons. The minimum Gasteiger partial charge on any atom is -0.377 e. The smallest absolute Gasteiger partial charge is 0.270 e. The third kappa shape index (κ3) is 3.58. The average molecular weight is 401 g/mol. The molecule has 1 heterocycles. The van der Waals surface area contributed by atoms with Crippen LogP contribution in [0.4, 0.5) is 5.69 Å². The van der Waals surface area contributed by atoms with Crippen LogP contribution in [0.5, 0.6) is 0 Å². The van der Waals surface area contributed by atoms with Gasteiger partial charge in [-0.3, -0.25) is 19.5 Å². The molecular weight excluding hydrogens is 382 g/mol. The van der Waals surface area contributed by atoms with Gasteiger partial charge in [-0.25, -0.2) is 4.98 Å². The average Bonchev–Trinajstić information content (AvgIpc) is 2.77. The maximum atomic E-state index is 13.6. The zero-order chi connectivity index (χ0) is 21.1. The Bertz CT molecular complexity index is 1210. The van der Waals surface area contributed by atoms with Crippen molar-refractivity contribution in [3.05, 3.63) is 116 Å². The Morgan fingerprint density at radius 2 is 1.60 bits per heavy atom. The fraction of sp³-hybridized carbons (Fsp3) is 0.130. The number of nitrogens with zero attached hydrogens (tertiary/aromatic N) is 3. The van der Waals surface area contributed by atoms with E-state index >= 15 is 0 Å². The monoisotopic (exact) mass is 401 g/mol. The van der Waals surface area contributed by atoms with E-state index in [1.54, 1.807) is 4.57 Å². The highest BCUT2D eigenvalue weighted by molar-refractivity contribution is 5.80. The Kier molecular flexibility index (Phi) is 5.36. The Hall–Kier alpha value is -3.84. The van der Waals surface area contributed by atoms with E-state index in [1.807, 2.05) is 60.7 Å². The first kappa shape index (κ1) is 19.5.